The Labute approximate surface area is 190 Å². The SMILES string of the molecule is COc1ccc(N2C[C@@H](C)N[C@@H](C)C2)cc1NS(=O)(=O)c1ccc(-c2cccn2C)cc1. The first-order valence-corrected chi connectivity index (χ1v) is 12.2. The summed E-state index contributed by atoms with van der Waals surface area (Å²) in [6, 6.07) is 17.2. The van der Waals surface area contributed by atoms with Gasteiger partial charge in [0.15, 0.2) is 0 Å². The highest BCUT2D eigenvalue weighted by Crippen LogP contribution is 2.32. The number of hydrogen-bond acceptors (Lipinski definition) is 5. The molecule has 0 amide bonds. The van der Waals surface area contributed by atoms with Crippen LogP contribution >= 0.6 is 0 Å². The molecule has 8 heteroatoms. The number of anilines is 2. The fraction of sp³-hybridized carbons (Fsp3) is 0.333. The van der Waals surface area contributed by atoms with E-state index < -0.39 is 10.0 Å². The number of rotatable bonds is 6. The maximum Gasteiger partial charge on any atom is 0.262 e. The molecule has 0 aliphatic carbocycles. The molecule has 2 aromatic carbocycles. The van der Waals surface area contributed by atoms with Crippen molar-refractivity contribution < 1.29 is 13.2 Å². The largest absolute Gasteiger partial charge is 0.495 e. The van der Waals surface area contributed by atoms with Gasteiger partial charge in [-0.15, -0.1) is 0 Å². The van der Waals surface area contributed by atoms with Crippen LogP contribution in [0, 0.1) is 0 Å². The Morgan fingerprint density at radius 2 is 1.72 bits per heavy atom. The second kappa shape index (κ2) is 8.88. The number of sulfonamides is 1. The van der Waals surface area contributed by atoms with E-state index in [1.165, 1.54) is 7.11 Å². The molecule has 1 saturated heterocycles. The zero-order chi connectivity index (χ0) is 22.9. The standard InChI is InChI=1S/C24H30N4O3S/c1-17-15-28(16-18(2)25-17)20-9-12-24(31-4)22(14-20)26-32(29,30)21-10-7-19(8-11-21)23-6-5-13-27(23)3/h5-14,17-18,25-26H,15-16H2,1-4H3/t17-,18+. The van der Waals surface area contributed by atoms with Gasteiger partial charge in [0, 0.05) is 49.8 Å². The Kier molecular flexibility index (Phi) is 6.17. The summed E-state index contributed by atoms with van der Waals surface area (Å²) in [5.74, 6) is 0.481. The summed E-state index contributed by atoms with van der Waals surface area (Å²) >= 11 is 0. The van der Waals surface area contributed by atoms with Gasteiger partial charge in [-0.3, -0.25) is 4.72 Å². The third-order valence-corrected chi connectivity index (χ3v) is 7.14. The molecule has 2 heterocycles. The van der Waals surface area contributed by atoms with Gasteiger partial charge in [0.05, 0.1) is 17.7 Å². The fourth-order valence-corrected chi connectivity index (χ4v) is 5.34. The summed E-state index contributed by atoms with van der Waals surface area (Å²) < 4.78 is 36.4. The van der Waals surface area contributed by atoms with E-state index in [1.807, 2.05) is 60.3 Å². The lowest BCUT2D eigenvalue weighted by Crippen LogP contribution is -2.54. The summed E-state index contributed by atoms with van der Waals surface area (Å²) in [4.78, 5) is 2.46. The van der Waals surface area contributed by atoms with Crippen molar-refractivity contribution in [1.82, 2.24) is 9.88 Å². The van der Waals surface area contributed by atoms with Crippen LogP contribution in [0.4, 0.5) is 11.4 Å². The van der Waals surface area contributed by atoms with Crippen molar-refractivity contribution in [1.29, 1.82) is 0 Å². The molecule has 0 radical (unpaired) electrons. The van der Waals surface area contributed by atoms with Crippen molar-refractivity contribution in [2.24, 2.45) is 7.05 Å². The molecule has 0 unspecified atom stereocenters. The number of nitrogens with one attached hydrogen (secondary N) is 2. The van der Waals surface area contributed by atoms with Crippen LogP contribution in [0.3, 0.4) is 0 Å². The summed E-state index contributed by atoms with van der Waals surface area (Å²) in [6.45, 7) is 6.00. The number of benzene rings is 2. The highest BCUT2D eigenvalue weighted by molar-refractivity contribution is 7.92. The minimum Gasteiger partial charge on any atom is -0.495 e. The molecule has 4 rings (SSSR count). The van der Waals surface area contributed by atoms with Crippen molar-refractivity contribution in [2.45, 2.75) is 30.8 Å². The molecule has 2 atom stereocenters. The van der Waals surface area contributed by atoms with Crippen molar-refractivity contribution in [3.8, 4) is 17.0 Å². The predicted octanol–water partition coefficient (Wildman–Crippen LogP) is 3.69. The summed E-state index contributed by atoms with van der Waals surface area (Å²) in [7, 11) is -0.281. The van der Waals surface area contributed by atoms with E-state index in [9.17, 15) is 8.42 Å². The van der Waals surface area contributed by atoms with E-state index in [0.29, 0.717) is 23.5 Å². The van der Waals surface area contributed by atoms with Crippen LogP contribution in [0.5, 0.6) is 5.75 Å². The molecule has 1 aromatic heterocycles. The maximum absolute atomic E-state index is 13.1. The van der Waals surface area contributed by atoms with Crippen molar-refractivity contribution in [3.63, 3.8) is 0 Å². The average molecular weight is 455 g/mol. The molecule has 1 aliphatic rings. The molecule has 0 spiro atoms. The number of hydrogen-bond donors (Lipinski definition) is 2. The van der Waals surface area contributed by atoms with E-state index in [4.69, 9.17) is 4.74 Å². The first kappa shape index (κ1) is 22.2. The highest BCUT2D eigenvalue weighted by atomic mass is 32.2. The number of piperazine rings is 1. The van der Waals surface area contributed by atoms with E-state index in [1.54, 1.807) is 12.1 Å². The Morgan fingerprint density at radius 3 is 2.31 bits per heavy atom. The van der Waals surface area contributed by atoms with Crippen LogP contribution in [0.2, 0.25) is 0 Å². The molecule has 2 N–H and O–H groups in total. The van der Waals surface area contributed by atoms with Gasteiger partial charge in [-0.25, -0.2) is 8.42 Å². The van der Waals surface area contributed by atoms with Crippen LogP contribution in [0.15, 0.2) is 65.7 Å². The predicted molar refractivity (Wildman–Crippen MR) is 129 cm³/mol. The van der Waals surface area contributed by atoms with Crippen LogP contribution < -0.4 is 19.7 Å². The normalized spacial score (nSPS) is 19.1. The number of nitrogens with zero attached hydrogens (tertiary/aromatic N) is 2. The van der Waals surface area contributed by atoms with Gasteiger partial charge in [-0.05, 0) is 61.9 Å². The third kappa shape index (κ3) is 4.61. The molecule has 0 saturated carbocycles. The summed E-state index contributed by atoms with van der Waals surface area (Å²) in [6.07, 6.45) is 1.96. The maximum atomic E-state index is 13.1. The second-order valence-electron chi connectivity index (χ2n) is 8.39. The molecule has 1 aliphatic heterocycles. The van der Waals surface area contributed by atoms with Crippen LogP contribution in [0.25, 0.3) is 11.3 Å². The number of methoxy groups -OCH3 is 1. The van der Waals surface area contributed by atoms with Gasteiger partial charge in [-0.2, -0.15) is 0 Å². The molecule has 1 fully saturated rings. The van der Waals surface area contributed by atoms with Gasteiger partial charge in [-0.1, -0.05) is 12.1 Å². The fourth-order valence-electron chi connectivity index (χ4n) is 4.28. The Balaban J connectivity index is 1.60. The third-order valence-electron chi connectivity index (χ3n) is 5.75. The van der Waals surface area contributed by atoms with Gasteiger partial charge in [0.2, 0.25) is 0 Å². The molecule has 7 nitrogen and oxygen atoms in total. The first-order chi connectivity index (χ1) is 15.3. The van der Waals surface area contributed by atoms with E-state index in [0.717, 1.165) is 30.0 Å². The average Bonchev–Trinajstić information content (AvgIpc) is 3.18. The summed E-state index contributed by atoms with van der Waals surface area (Å²) in [5.41, 5.74) is 3.37. The van der Waals surface area contributed by atoms with Gasteiger partial charge < -0.3 is 19.5 Å². The quantitative estimate of drug-likeness (QED) is 0.594. The second-order valence-corrected chi connectivity index (χ2v) is 10.1. The van der Waals surface area contributed by atoms with Crippen molar-refractivity contribution in [3.05, 3.63) is 60.8 Å². The number of aryl methyl sites for hydroxylation is 1. The van der Waals surface area contributed by atoms with Crippen molar-refractivity contribution in [2.75, 3.05) is 29.8 Å². The monoisotopic (exact) mass is 454 g/mol. The van der Waals surface area contributed by atoms with Gasteiger partial charge >= 0.3 is 0 Å². The zero-order valence-electron chi connectivity index (χ0n) is 18.9. The van der Waals surface area contributed by atoms with E-state index >= 15 is 0 Å². The van der Waals surface area contributed by atoms with E-state index in [-0.39, 0.29) is 4.90 Å². The smallest absolute Gasteiger partial charge is 0.262 e. The molecule has 32 heavy (non-hydrogen) atoms. The molecular formula is C24H30N4O3S. The molecular weight excluding hydrogens is 424 g/mol. The Hall–Kier alpha value is -2.97. The minimum atomic E-state index is -3.78. The van der Waals surface area contributed by atoms with Gasteiger partial charge in [0.1, 0.15) is 5.75 Å². The first-order valence-electron chi connectivity index (χ1n) is 10.7. The van der Waals surface area contributed by atoms with Crippen LogP contribution in [0.1, 0.15) is 13.8 Å². The minimum absolute atomic E-state index is 0.201. The lowest BCUT2D eigenvalue weighted by Gasteiger charge is -2.38. The van der Waals surface area contributed by atoms with Gasteiger partial charge in [0.25, 0.3) is 10.0 Å². The Bertz CT molecular complexity index is 1180. The lowest BCUT2D eigenvalue weighted by atomic mass is 10.1. The number of ether oxygens (including phenoxy) is 1. The van der Waals surface area contributed by atoms with Crippen molar-refractivity contribution >= 4 is 21.4 Å². The Morgan fingerprint density at radius 1 is 1.03 bits per heavy atom. The molecule has 3 aromatic rings. The number of aromatic nitrogens is 1. The van der Waals surface area contributed by atoms with Crippen LogP contribution in [-0.2, 0) is 17.1 Å². The summed E-state index contributed by atoms with van der Waals surface area (Å²) in [5, 5.41) is 3.51. The van der Waals surface area contributed by atoms with Crippen LogP contribution in [-0.4, -0.2) is 45.3 Å². The molecule has 0 bridgehead atoms. The molecule has 170 valence electrons. The topological polar surface area (TPSA) is 75.6 Å². The lowest BCUT2D eigenvalue weighted by molar-refractivity contribution is 0.406. The zero-order valence-corrected chi connectivity index (χ0v) is 19.7. The van der Waals surface area contributed by atoms with E-state index in [2.05, 4.69) is 28.8 Å². The highest BCUT2D eigenvalue weighted by Gasteiger charge is 2.23.